The molecule has 1 amide bonds. The summed E-state index contributed by atoms with van der Waals surface area (Å²) in [6.07, 6.45) is 7.29. The average molecular weight is 407 g/mol. The van der Waals surface area contributed by atoms with E-state index < -0.39 is 6.09 Å². The van der Waals surface area contributed by atoms with Crippen molar-refractivity contribution < 1.29 is 19.0 Å². The molecule has 164 valence electrons. The summed E-state index contributed by atoms with van der Waals surface area (Å²) in [5.74, 6) is 0.759. The molecule has 0 aromatic heterocycles. The van der Waals surface area contributed by atoms with Gasteiger partial charge in [-0.3, -0.25) is 10.2 Å². The van der Waals surface area contributed by atoms with Crippen LogP contribution in [0.25, 0.3) is 0 Å². The highest BCUT2D eigenvalue weighted by Gasteiger charge is 2.20. The maximum atomic E-state index is 12.5. The molecule has 0 aliphatic carbocycles. The smallest absolute Gasteiger partial charge is 0.412 e. The molecule has 1 atom stereocenters. The molecule has 0 saturated carbocycles. The quantitative estimate of drug-likeness (QED) is 0.463. The van der Waals surface area contributed by atoms with Gasteiger partial charge in [-0.1, -0.05) is 39.2 Å². The van der Waals surface area contributed by atoms with Crippen LogP contribution in [0.5, 0.6) is 5.75 Å². The van der Waals surface area contributed by atoms with Gasteiger partial charge in [0, 0.05) is 24.9 Å². The number of carbonyl (C=O) groups excluding carboxylic acids is 1. The zero-order valence-electron chi connectivity index (χ0n) is 18.2. The number of anilines is 1. The fourth-order valence-electron chi connectivity index (χ4n) is 3.42. The highest BCUT2D eigenvalue weighted by atomic mass is 16.6. The summed E-state index contributed by atoms with van der Waals surface area (Å²) < 4.78 is 17.1. The van der Waals surface area contributed by atoms with E-state index in [-0.39, 0.29) is 6.10 Å². The van der Waals surface area contributed by atoms with Gasteiger partial charge in [0.15, 0.2) is 0 Å². The van der Waals surface area contributed by atoms with E-state index in [0.717, 1.165) is 51.1 Å². The lowest BCUT2D eigenvalue weighted by atomic mass is 10.1. The van der Waals surface area contributed by atoms with Crippen molar-refractivity contribution in [1.29, 1.82) is 0 Å². The molecule has 0 radical (unpaired) electrons. The summed E-state index contributed by atoms with van der Waals surface area (Å²) in [6, 6.07) is 7.45. The van der Waals surface area contributed by atoms with E-state index in [0.29, 0.717) is 25.5 Å². The maximum Gasteiger partial charge on any atom is 0.412 e. The SMILES string of the molecule is CCCCCOc1cccc(NC(=O)OC(COCCC)CN2CCCCC2)c1. The van der Waals surface area contributed by atoms with E-state index in [2.05, 4.69) is 24.1 Å². The standard InChI is InChI=1S/C23H38N2O4/c1-3-5-9-16-28-21-12-10-11-20(17-21)24-23(26)29-22(19-27-15-4-2)18-25-13-7-6-8-14-25/h10-12,17,22H,3-9,13-16,18-19H2,1-2H3,(H,24,26). The number of nitrogens with zero attached hydrogens (tertiary/aromatic N) is 1. The van der Waals surface area contributed by atoms with E-state index in [9.17, 15) is 4.79 Å². The van der Waals surface area contributed by atoms with Gasteiger partial charge in [0.1, 0.15) is 11.9 Å². The van der Waals surface area contributed by atoms with Gasteiger partial charge in [-0.15, -0.1) is 0 Å². The summed E-state index contributed by atoms with van der Waals surface area (Å²) in [5, 5.41) is 2.83. The van der Waals surface area contributed by atoms with Crippen molar-refractivity contribution in [2.24, 2.45) is 0 Å². The van der Waals surface area contributed by atoms with Gasteiger partial charge in [0.05, 0.1) is 13.2 Å². The zero-order chi connectivity index (χ0) is 20.7. The van der Waals surface area contributed by atoms with Crippen LogP contribution < -0.4 is 10.1 Å². The fourth-order valence-corrected chi connectivity index (χ4v) is 3.42. The average Bonchev–Trinajstić information content (AvgIpc) is 2.72. The van der Waals surface area contributed by atoms with E-state index in [1.54, 1.807) is 0 Å². The third-order valence-corrected chi connectivity index (χ3v) is 4.93. The first-order valence-electron chi connectivity index (χ1n) is 11.2. The molecule has 0 spiro atoms. The molecule has 1 aliphatic heterocycles. The number of rotatable bonds is 13. The van der Waals surface area contributed by atoms with Crippen LogP contribution in [0, 0.1) is 0 Å². The second-order valence-corrected chi connectivity index (χ2v) is 7.67. The van der Waals surface area contributed by atoms with Gasteiger partial charge >= 0.3 is 6.09 Å². The number of likely N-dealkylation sites (tertiary alicyclic amines) is 1. The van der Waals surface area contributed by atoms with Gasteiger partial charge in [0.25, 0.3) is 0 Å². The number of unbranched alkanes of at least 4 members (excludes halogenated alkanes) is 2. The number of carbonyl (C=O) groups is 1. The Bertz CT molecular complexity index is 576. The fraction of sp³-hybridized carbons (Fsp3) is 0.696. The van der Waals surface area contributed by atoms with Crippen LogP contribution >= 0.6 is 0 Å². The van der Waals surface area contributed by atoms with Gasteiger partial charge in [-0.25, -0.2) is 4.79 Å². The molecular weight excluding hydrogens is 368 g/mol. The summed E-state index contributed by atoms with van der Waals surface area (Å²) in [4.78, 5) is 14.8. The molecule has 6 heteroatoms. The molecule has 1 aliphatic rings. The van der Waals surface area contributed by atoms with Gasteiger partial charge in [-0.05, 0) is 50.9 Å². The third kappa shape index (κ3) is 9.99. The highest BCUT2D eigenvalue weighted by Crippen LogP contribution is 2.18. The summed E-state index contributed by atoms with van der Waals surface area (Å²) >= 11 is 0. The third-order valence-electron chi connectivity index (χ3n) is 4.93. The van der Waals surface area contributed by atoms with E-state index >= 15 is 0 Å². The Kier molecular flexibility index (Phi) is 11.5. The van der Waals surface area contributed by atoms with Crippen LogP contribution in [0.4, 0.5) is 10.5 Å². The lowest BCUT2D eigenvalue weighted by molar-refractivity contribution is 0.00489. The summed E-state index contributed by atoms with van der Waals surface area (Å²) in [5.41, 5.74) is 0.675. The van der Waals surface area contributed by atoms with Crippen LogP contribution in [-0.2, 0) is 9.47 Å². The first kappa shape index (κ1) is 23.5. The Hall–Kier alpha value is -1.79. The molecule has 1 fully saturated rings. The minimum atomic E-state index is -0.449. The minimum absolute atomic E-state index is 0.270. The van der Waals surface area contributed by atoms with Crippen molar-refractivity contribution in [3.63, 3.8) is 0 Å². The van der Waals surface area contributed by atoms with E-state index in [1.165, 1.54) is 19.3 Å². The Morgan fingerprint density at radius 2 is 1.93 bits per heavy atom. The molecule has 1 aromatic carbocycles. The Balaban J connectivity index is 1.83. The largest absolute Gasteiger partial charge is 0.494 e. The number of hydrogen-bond acceptors (Lipinski definition) is 5. The molecule has 0 bridgehead atoms. The first-order valence-corrected chi connectivity index (χ1v) is 11.2. The van der Waals surface area contributed by atoms with Crippen molar-refractivity contribution in [3.05, 3.63) is 24.3 Å². The maximum absolute atomic E-state index is 12.5. The van der Waals surface area contributed by atoms with Gasteiger partial charge < -0.3 is 14.2 Å². The molecule has 2 rings (SSSR count). The monoisotopic (exact) mass is 406 g/mol. The van der Waals surface area contributed by atoms with E-state index in [1.807, 2.05) is 24.3 Å². The number of ether oxygens (including phenoxy) is 3. The molecule has 1 aromatic rings. The van der Waals surface area contributed by atoms with Crippen LogP contribution in [-0.4, -0.2) is 56.6 Å². The minimum Gasteiger partial charge on any atom is -0.494 e. The summed E-state index contributed by atoms with van der Waals surface area (Å²) in [7, 11) is 0. The van der Waals surface area contributed by atoms with Crippen molar-refractivity contribution in [1.82, 2.24) is 4.90 Å². The Morgan fingerprint density at radius 1 is 1.10 bits per heavy atom. The number of nitrogens with one attached hydrogen (secondary N) is 1. The number of hydrogen-bond donors (Lipinski definition) is 1. The predicted octanol–water partition coefficient (Wildman–Crippen LogP) is 5.09. The van der Waals surface area contributed by atoms with Crippen molar-refractivity contribution in [2.75, 3.05) is 44.8 Å². The zero-order valence-corrected chi connectivity index (χ0v) is 18.2. The molecule has 1 unspecified atom stereocenters. The molecule has 29 heavy (non-hydrogen) atoms. The first-order chi connectivity index (χ1) is 14.2. The van der Waals surface area contributed by atoms with Crippen LogP contribution in [0.2, 0.25) is 0 Å². The lowest BCUT2D eigenvalue weighted by Gasteiger charge is -2.30. The predicted molar refractivity (Wildman–Crippen MR) is 117 cm³/mol. The van der Waals surface area contributed by atoms with Crippen LogP contribution in [0.1, 0.15) is 58.8 Å². The van der Waals surface area contributed by atoms with E-state index in [4.69, 9.17) is 14.2 Å². The van der Waals surface area contributed by atoms with Crippen molar-refractivity contribution in [3.8, 4) is 5.75 Å². The number of piperidine rings is 1. The second kappa shape index (κ2) is 14.2. The Labute approximate surface area is 175 Å². The van der Waals surface area contributed by atoms with Crippen molar-refractivity contribution >= 4 is 11.8 Å². The lowest BCUT2D eigenvalue weighted by Crippen LogP contribution is -2.41. The Morgan fingerprint density at radius 3 is 2.69 bits per heavy atom. The molecule has 1 heterocycles. The van der Waals surface area contributed by atoms with Gasteiger partial charge in [0.2, 0.25) is 0 Å². The highest BCUT2D eigenvalue weighted by molar-refractivity contribution is 5.85. The molecule has 6 nitrogen and oxygen atoms in total. The normalized spacial score (nSPS) is 15.7. The molecule has 1 saturated heterocycles. The molecular formula is C23H38N2O4. The topological polar surface area (TPSA) is 60.0 Å². The van der Waals surface area contributed by atoms with Gasteiger partial charge in [-0.2, -0.15) is 0 Å². The summed E-state index contributed by atoms with van der Waals surface area (Å²) in [6.45, 7) is 8.88. The van der Waals surface area contributed by atoms with Crippen LogP contribution in [0.15, 0.2) is 24.3 Å². The second-order valence-electron chi connectivity index (χ2n) is 7.67. The number of amides is 1. The van der Waals surface area contributed by atoms with Crippen LogP contribution in [0.3, 0.4) is 0 Å². The van der Waals surface area contributed by atoms with Crippen molar-refractivity contribution in [2.45, 2.75) is 64.9 Å². The molecule has 1 N–H and O–H groups in total. The number of benzene rings is 1.